The van der Waals surface area contributed by atoms with Gasteiger partial charge >= 0.3 is 0 Å². The van der Waals surface area contributed by atoms with E-state index in [0.29, 0.717) is 0 Å². The Labute approximate surface area is 105 Å². The molecular weight excluding hydrogens is 262 g/mol. The summed E-state index contributed by atoms with van der Waals surface area (Å²) >= 11 is 3.43. The fraction of sp³-hybridized carbons (Fsp3) is 0.143. The first-order valence-corrected chi connectivity index (χ1v) is 6.19. The lowest BCUT2D eigenvalue weighted by Crippen LogP contribution is -1.94. The van der Waals surface area contributed by atoms with Crippen molar-refractivity contribution in [3.05, 3.63) is 58.6 Å². The van der Waals surface area contributed by atoms with E-state index in [1.54, 1.807) is 0 Å². The van der Waals surface area contributed by atoms with E-state index >= 15 is 0 Å². The van der Waals surface area contributed by atoms with Crippen LogP contribution in [0.2, 0.25) is 0 Å². The van der Waals surface area contributed by atoms with Crippen molar-refractivity contribution in [1.29, 1.82) is 0 Å². The number of hydrogen-bond donors (Lipinski definition) is 1. The minimum atomic E-state index is 1.04. The third-order valence-electron chi connectivity index (χ3n) is 2.52. The molecule has 2 aromatic rings. The lowest BCUT2D eigenvalue weighted by Gasteiger charge is -2.10. The number of halogens is 1. The summed E-state index contributed by atoms with van der Waals surface area (Å²) < 4.78 is 1.10. The van der Waals surface area contributed by atoms with Crippen molar-refractivity contribution >= 4 is 27.3 Å². The molecule has 0 saturated heterocycles. The summed E-state index contributed by atoms with van der Waals surface area (Å²) in [6.07, 6.45) is 1.04. The lowest BCUT2D eigenvalue weighted by atomic mass is 10.1. The highest BCUT2D eigenvalue weighted by Gasteiger charge is 1.99. The summed E-state index contributed by atoms with van der Waals surface area (Å²) in [7, 11) is 0. The molecule has 0 aliphatic carbocycles. The predicted molar refractivity (Wildman–Crippen MR) is 73.2 cm³/mol. The number of rotatable bonds is 3. The summed E-state index contributed by atoms with van der Waals surface area (Å²) in [6.45, 7) is 2.17. The fourth-order valence-electron chi connectivity index (χ4n) is 1.64. The molecule has 0 saturated carbocycles. The quantitative estimate of drug-likeness (QED) is 0.852. The van der Waals surface area contributed by atoms with Crippen LogP contribution < -0.4 is 5.32 Å². The van der Waals surface area contributed by atoms with E-state index in [4.69, 9.17) is 0 Å². The van der Waals surface area contributed by atoms with Crippen LogP contribution in [-0.4, -0.2) is 0 Å². The van der Waals surface area contributed by atoms with Gasteiger partial charge in [0.1, 0.15) is 0 Å². The highest BCUT2D eigenvalue weighted by atomic mass is 79.9. The maximum Gasteiger partial charge on any atom is 0.0416 e. The van der Waals surface area contributed by atoms with Gasteiger partial charge < -0.3 is 5.32 Å². The Morgan fingerprint density at radius 1 is 1.00 bits per heavy atom. The molecule has 0 bridgehead atoms. The van der Waals surface area contributed by atoms with Crippen molar-refractivity contribution in [1.82, 2.24) is 0 Å². The number of anilines is 2. The van der Waals surface area contributed by atoms with E-state index in [-0.39, 0.29) is 0 Å². The van der Waals surface area contributed by atoms with Crippen LogP contribution in [0.15, 0.2) is 53.0 Å². The maximum atomic E-state index is 3.43. The van der Waals surface area contributed by atoms with Gasteiger partial charge in [-0.2, -0.15) is 0 Å². The van der Waals surface area contributed by atoms with Crippen molar-refractivity contribution in [2.75, 3.05) is 5.32 Å². The van der Waals surface area contributed by atoms with Gasteiger partial charge in [0.15, 0.2) is 0 Å². The zero-order valence-electron chi connectivity index (χ0n) is 9.20. The first kappa shape index (κ1) is 11.2. The lowest BCUT2D eigenvalue weighted by molar-refractivity contribution is 1.14. The molecule has 2 rings (SSSR count). The van der Waals surface area contributed by atoms with Crippen molar-refractivity contribution in [3.8, 4) is 0 Å². The highest BCUT2D eigenvalue weighted by molar-refractivity contribution is 9.10. The molecule has 0 heterocycles. The zero-order valence-corrected chi connectivity index (χ0v) is 10.8. The summed E-state index contributed by atoms with van der Waals surface area (Å²) in [5.41, 5.74) is 3.64. The molecule has 1 N–H and O–H groups in total. The highest BCUT2D eigenvalue weighted by Crippen LogP contribution is 2.22. The molecule has 82 valence electrons. The van der Waals surface area contributed by atoms with Gasteiger partial charge in [0, 0.05) is 15.8 Å². The Morgan fingerprint density at radius 3 is 2.38 bits per heavy atom. The topological polar surface area (TPSA) is 12.0 Å². The second-order valence-corrected chi connectivity index (χ2v) is 4.56. The molecule has 0 radical (unpaired) electrons. The molecule has 0 amide bonds. The van der Waals surface area contributed by atoms with Gasteiger partial charge in [0.25, 0.3) is 0 Å². The number of hydrogen-bond acceptors (Lipinski definition) is 1. The number of benzene rings is 2. The van der Waals surface area contributed by atoms with Crippen molar-refractivity contribution < 1.29 is 0 Å². The minimum absolute atomic E-state index is 1.04. The first-order valence-electron chi connectivity index (χ1n) is 5.40. The molecule has 0 spiro atoms. The summed E-state index contributed by atoms with van der Waals surface area (Å²) in [5, 5.41) is 3.43. The van der Waals surface area contributed by atoms with Gasteiger partial charge in [0.05, 0.1) is 0 Å². The molecule has 0 aliphatic rings. The summed E-state index contributed by atoms with van der Waals surface area (Å²) in [5.74, 6) is 0. The minimum Gasteiger partial charge on any atom is -0.355 e. The molecule has 2 aromatic carbocycles. The molecule has 2 heteroatoms. The van der Waals surface area contributed by atoms with Crippen molar-refractivity contribution in [2.24, 2.45) is 0 Å². The van der Waals surface area contributed by atoms with Crippen molar-refractivity contribution in [2.45, 2.75) is 13.3 Å². The van der Waals surface area contributed by atoms with Gasteiger partial charge in [-0.15, -0.1) is 0 Å². The van der Waals surface area contributed by atoms with Gasteiger partial charge in [-0.05, 0) is 42.3 Å². The van der Waals surface area contributed by atoms with E-state index in [9.17, 15) is 0 Å². The molecule has 0 unspecified atom stereocenters. The van der Waals surface area contributed by atoms with Crippen LogP contribution in [0.4, 0.5) is 11.4 Å². The average Bonchev–Trinajstić information content (AvgIpc) is 2.33. The Hall–Kier alpha value is -1.28. The molecule has 0 aromatic heterocycles. The second kappa shape index (κ2) is 5.17. The Morgan fingerprint density at radius 2 is 1.69 bits per heavy atom. The van der Waals surface area contributed by atoms with Gasteiger partial charge in [-0.3, -0.25) is 0 Å². The van der Waals surface area contributed by atoms with Crippen LogP contribution in [0.5, 0.6) is 0 Å². The van der Waals surface area contributed by atoms with E-state index in [1.165, 1.54) is 11.3 Å². The van der Waals surface area contributed by atoms with Crippen LogP contribution in [-0.2, 0) is 6.42 Å². The first-order chi connectivity index (χ1) is 7.79. The smallest absolute Gasteiger partial charge is 0.0416 e. The zero-order chi connectivity index (χ0) is 11.4. The third-order valence-corrected chi connectivity index (χ3v) is 3.05. The molecular formula is C14H14BrN. The van der Waals surface area contributed by atoms with Crippen LogP contribution in [0.1, 0.15) is 12.5 Å². The molecule has 0 fully saturated rings. The van der Waals surface area contributed by atoms with E-state index in [1.807, 2.05) is 12.1 Å². The van der Waals surface area contributed by atoms with Gasteiger partial charge in [0.2, 0.25) is 0 Å². The van der Waals surface area contributed by atoms with E-state index < -0.39 is 0 Å². The van der Waals surface area contributed by atoms with Gasteiger partial charge in [-0.1, -0.05) is 41.1 Å². The Bertz CT molecular complexity index is 462. The number of nitrogens with one attached hydrogen (secondary N) is 1. The standard InChI is InChI=1S/C14H14BrN/c1-2-11-5-3-4-6-14(11)16-13-9-7-12(15)8-10-13/h3-10,16H,2H2,1H3. The number of aryl methyl sites for hydroxylation is 1. The van der Waals surface area contributed by atoms with E-state index in [0.717, 1.165) is 16.6 Å². The predicted octanol–water partition coefficient (Wildman–Crippen LogP) is 4.76. The van der Waals surface area contributed by atoms with Gasteiger partial charge in [-0.25, -0.2) is 0 Å². The Kier molecular flexibility index (Phi) is 3.62. The largest absolute Gasteiger partial charge is 0.355 e. The number of para-hydroxylation sites is 1. The summed E-state index contributed by atoms with van der Waals surface area (Å²) in [4.78, 5) is 0. The van der Waals surface area contributed by atoms with Crippen LogP contribution >= 0.6 is 15.9 Å². The molecule has 1 nitrogen and oxygen atoms in total. The normalized spacial score (nSPS) is 10.1. The maximum absolute atomic E-state index is 3.43. The second-order valence-electron chi connectivity index (χ2n) is 3.64. The molecule has 0 aliphatic heterocycles. The Balaban J connectivity index is 2.23. The SMILES string of the molecule is CCc1ccccc1Nc1ccc(Br)cc1. The van der Waals surface area contributed by atoms with Crippen LogP contribution in [0.3, 0.4) is 0 Å². The molecule has 16 heavy (non-hydrogen) atoms. The monoisotopic (exact) mass is 275 g/mol. The fourth-order valence-corrected chi connectivity index (χ4v) is 1.90. The van der Waals surface area contributed by atoms with Crippen LogP contribution in [0.25, 0.3) is 0 Å². The third kappa shape index (κ3) is 2.64. The van der Waals surface area contributed by atoms with Crippen molar-refractivity contribution in [3.63, 3.8) is 0 Å². The molecule has 0 atom stereocenters. The van der Waals surface area contributed by atoms with E-state index in [2.05, 4.69) is 64.6 Å². The summed E-state index contributed by atoms with van der Waals surface area (Å²) in [6, 6.07) is 16.6. The average molecular weight is 276 g/mol. The van der Waals surface area contributed by atoms with Crippen LogP contribution in [0, 0.1) is 0 Å².